The van der Waals surface area contributed by atoms with Gasteiger partial charge in [0.05, 0.1) is 23.5 Å². The summed E-state index contributed by atoms with van der Waals surface area (Å²) < 4.78 is 0. The van der Waals surface area contributed by atoms with E-state index in [4.69, 9.17) is 11.6 Å². The van der Waals surface area contributed by atoms with Gasteiger partial charge in [-0.05, 0) is 25.1 Å². The third-order valence-electron chi connectivity index (χ3n) is 2.19. The van der Waals surface area contributed by atoms with Gasteiger partial charge in [-0.15, -0.1) is 0 Å². The van der Waals surface area contributed by atoms with Crippen LogP contribution in [0.4, 0.5) is 5.69 Å². The number of rotatable bonds is 3. The molecule has 5 heteroatoms. The van der Waals surface area contributed by atoms with Crippen molar-refractivity contribution in [1.82, 2.24) is 9.97 Å². The number of phenols is 1. The molecule has 0 aliphatic carbocycles. The molecule has 0 atom stereocenters. The Kier molecular flexibility index (Phi) is 3.01. The second kappa shape index (κ2) is 4.45. The number of anilines is 1. The molecule has 2 aromatic rings. The Balaban J connectivity index is 2.02. The van der Waals surface area contributed by atoms with Crippen molar-refractivity contribution in [2.24, 2.45) is 0 Å². The van der Waals surface area contributed by atoms with Crippen LogP contribution in [0.1, 0.15) is 11.5 Å². The van der Waals surface area contributed by atoms with Gasteiger partial charge in [0.2, 0.25) is 0 Å². The van der Waals surface area contributed by atoms with E-state index in [1.807, 2.05) is 6.92 Å². The molecule has 1 aromatic carbocycles. The monoisotopic (exact) mass is 237 g/mol. The van der Waals surface area contributed by atoms with Gasteiger partial charge >= 0.3 is 0 Å². The third kappa shape index (κ3) is 2.46. The van der Waals surface area contributed by atoms with Gasteiger partial charge in [-0.3, -0.25) is 0 Å². The highest BCUT2D eigenvalue weighted by Gasteiger charge is 2.00. The van der Waals surface area contributed by atoms with Crippen molar-refractivity contribution in [2.45, 2.75) is 13.5 Å². The predicted octanol–water partition coefficient (Wildman–Crippen LogP) is 2.69. The van der Waals surface area contributed by atoms with Gasteiger partial charge in [0, 0.05) is 5.69 Å². The zero-order valence-corrected chi connectivity index (χ0v) is 9.54. The highest BCUT2D eigenvalue weighted by atomic mass is 35.5. The molecule has 16 heavy (non-hydrogen) atoms. The first-order valence-electron chi connectivity index (χ1n) is 4.88. The Morgan fingerprint density at radius 1 is 1.50 bits per heavy atom. The Hall–Kier alpha value is -1.68. The average Bonchev–Trinajstić information content (AvgIpc) is 2.66. The number of aromatic hydroxyl groups is 1. The molecule has 84 valence electrons. The largest absolute Gasteiger partial charge is 0.506 e. The summed E-state index contributed by atoms with van der Waals surface area (Å²) >= 11 is 5.79. The lowest BCUT2D eigenvalue weighted by atomic mass is 10.3. The number of halogens is 1. The predicted molar refractivity (Wildman–Crippen MR) is 63.8 cm³/mol. The van der Waals surface area contributed by atoms with E-state index in [0.717, 1.165) is 17.2 Å². The van der Waals surface area contributed by atoms with Gasteiger partial charge < -0.3 is 15.4 Å². The number of aromatic amines is 1. The van der Waals surface area contributed by atoms with Crippen molar-refractivity contribution in [3.63, 3.8) is 0 Å². The molecule has 0 amide bonds. The summed E-state index contributed by atoms with van der Waals surface area (Å²) in [7, 11) is 0. The van der Waals surface area contributed by atoms with Crippen molar-refractivity contribution >= 4 is 17.3 Å². The maximum atomic E-state index is 9.26. The Labute approximate surface area is 98.3 Å². The van der Waals surface area contributed by atoms with E-state index in [9.17, 15) is 5.11 Å². The number of phenolic OH excluding ortho intramolecular Hbond substituents is 1. The highest BCUT2D eigenvalue weighted by Crippen LogP contribution is 2.26. The zero-order valence-electron chi connectivity index (χ0n) is 8.79. The Morgan fingerprint density at radius 3 is 2.94 bits per heavy atom. The van der Waals surface area contributed by atoms with Gasteiger partial charge in [0.15, 0.2) is 0 Å². The normalized spacial score (nSPS) is 10.4. The standard InChI is InChI=1S/C11H12ClN3O/c1-7-13-5-9(15-7)6-14-8-2-3-11(16)10(12)4-8/h2-5,14,16H,6H2,1H3,(H,13,15). The van der Waals surface area contributed by atoms with Gasteiger partial charge in [-0.1, -0.05) is 11.6 Å². The molecule has 1 aromatic heterocycles. The maximum absolute atomic E-state index is 9.26. The number of hydrogen-bond donors (Lipinski definition) is 3. The summed E-state index contributed by atoms with van der Waals surface area (Å²) in [6, 6.07) is 5.01. The number of benzene rings is 1. The van der Waals surface area contributed by atoms with Crippen molar-refractivity contribution in [1.29, 1.82) is 0 Å². The van der Waals surface area contributed by atoms with Crippen LogP contribution >= 0.6 is 11.6 Å². The maximum Gasteiger partial charge on any atom is 0.134 e. The molecule has 3 N–H and O–H groups in total. The molecule has 0 spiro atoms. The van der Waals surface area contributed by atoms with Crippen LogP contribution in [0.25, 0.3) is 0 Å². The minimum absolute atomic E-state index is 0.0876. The molecule has 2 rings (SSSR count). The van der Waals surface area contributed by atoms with E-state index >= 15 is 0 Å². The first kappa shape index (κ1) is 10.8. The molecule has 0 bridgehead atoms. The van der Waals surface area contributed by atoms with E-state index < -0.39 is 0 Å². The lowest BCUT2D eigenvalue weighted by molar-refractivity contribution is 0.475. The molecule has 0 saturated carbocycles. The molecular weight excluding hydrogens is 226 g/mol. The van der Waals surface area contributed by atoms with Crippen LogP contribution < -0.4 is 5.32 Å². The Morgan fingerprint density at radius 2 is 2.31 bits per heavy atom. The SMILES string of the molecule is Cc1ncc(CNc2ccc(O)c(Cl)c2)[nH]1. The van der Waals surface area contributed by atoms with E-state index in [-0.39, 0.29) is 5.75 Å². The third-order valence-corrected chi connectivity index (χ3v) is 2.49. The van der Waals surface area contributed by atoms with Crippen molar-refractivity contribution in [3.8, 4) is 5.75 Å². The topological polar surface area (TPSA) is 60.9 Å². The molecule has 0 unspecified atom stereocenters. The van der Waals surface area contributed by atoms with Crippen LogP contribution in [-0.2, 0) is 6.54 Å². The number of nitrogens with one attached hydrogen (secondary N) is 2. The van der Waals surface area contributed by atoms with Gasteiger partial charge in [-0.25, -0.2) is 4.98 Å². The van der Waals surface area contributed by atoms with Crippen LogP contribution in [0.15, 0.2) is 24.4 Å². The zero-order chi connectivity index (χ0) is 11.5. The first-order valence-corrected chi connectivity index (χ1v) is 5.26. The van der Waals surface area contributed by atoms with Crippen LogP contribution in [0.5, 0.6) is 5.75 Å². The minimum Gasteiger partial charge on any atom is -0.506 e. The van der Waals surface area contributed by atoms with Crippen molar-refractivity contribution < 1.29 is 5.11 Å². The summed E-state index contributed by atoms with van der Waals surface area (Å²) in [5, 5.41) is 12.8. The van der Waals surface area contributed by atoms with Crippen molar-refractivity contribution in [2.75, 3.05) is 5.32 Å². The molecule has 1 heterocycles. The summed E-state index contributed by atoms with van der Waals surface area (Å²) in [5.41, 5.74) is 1.86. The molecule has 0 fully saturated rings. The van der Waals surface area contributed by atoms with E-state index in [1.54, 1.807) is 24.4 Å². The number of aromatic nitrogens is 2. The molecule has 0 aliphatic heterocycles. The Bertz CT molecular complexity index is 496. The lowest BCUT2D eigenvalue weighted by Gasteiger charge is -2.05. The fourth-order valence-electron chi connectivity index (χ4n) is 1.38. The van der Waals surface area contributed by atoms with Gasteiger partial charge in [0.1, 0.15) is 11.6 Å². The van der Waals surface area contributed by atoms with Crippen LogP contribution in [0.2, 0.25) is 5.02 Å². The van der Waals surface area contributed by atoms with E-state index in [2.05, 4.69) is 15.3 Å². The number of hydrogen-bond acceptors (Lipinski definition) is 3. The van der Waals surface area contributed by atoms with Crippen LogP contribution in [0, 0.1) is 6.92 Å². The lowest BCUT2D eigenvalue weighted by Crippen LogP contribution is -1.99. The van der Waals surface area contributed by atoms with Crippen LogP contribution in [-0.4, -0.2) is 15.1 Å². The quantitative estimate of drug-likeness (QED) is 0.720. The van der Waals surface area contributed by atoms with Crippen LogP contribution in [0.3, 0.4) is 0 Å². The van der Waals surface area contributed by atoms with E-state index in [0.29, 0.717) is 11.6 Å². The summed E-state index contributed by atoms with van der Waals surface area (Å²) in [6.07, 6.45) is 1.78. The minimum atomic E-state index is 0.0876. The highest BCUT2D eigenvalue weighted by molar-refractivity contribution is 6.32. The fourth-order valence-corrected chi connectivity index (χ4v) is 1.56. The molecule has 0 saturated heterocycles. The second-order valence-corrected chi connectivity index (χ2v) is 3.92. The first-order chi connectivity index (χ1) is 7.65. The van der Waals surface area contributed by atoms with Crippen molar-refractivity contribution in [3.05, 3.63) is 40.9 Å². The van der Waals surface area contributed by atoms with Gasteiger partial charge in [0.25, 0.3) is 0 Å². The number of H-pyrrole nitrogens is 1. The number of imidazole rings is 1. The summed E-state index contributed by atoms with van der Waals surface area (Å²) in [5.74, 6) is 0.977. The fraction of sp³-hybridized carbons (Fsp3) is 0.182. The molecule has 0 aliphatic rings. The average molecular weight is 238 g/mol. The van der Waals surface area contributed by atoms with Gasteiger partial charge in [-0.2, -0.15) is 0 Å². The smallest absolute Gasteiger partial charge is 0.134 e. The molecule has 4 nitrogen and oxygen atoms in total. The molecular formula is C11H12ClN3O. The molecule has 0 radical (unpaired) electrons. The number of aryl methyl sites for hydroxylation is 1. The summed E-state index contributed by atoms with van der Waals surface area (Å²) in [4.78, 5) is 7.22. The van der Waals surface area contributed by atoms with E-state index in [1.165, 1.54) is 0 Å². The summed E-state index contributed by atoms with van der Waals surface area (Å²) in [6.45, 7) is 2.54. The second-order valence-electron chi connectivity index (χ2n) is 3.51. The number of nitrogens with zero attached hydrogens (tertiary/aromatic N) is 1.